The minimum absolute atomic E-state index is 0.176. The number of hydrogen-bond donors (Lipinski definition) is 1. The van der Waals surface area contributed by atoms with Crippen LogP contribution in [0.15, 0.2) is 24.3 Å². The number of nitrogens with one attached hydrogen (secondary N) is 1. The number of carbonyl (C=O) groups excluding carboxylic acids is 2. The zero-order valence-corrected chi connectivity index (χ0v) is 11.5. The number of para-hydroxylation sites is 1. The number of rotatable bonds is 7. The molecular formula is C14H12F2N2O4. The molecular weight excluding hydrogens is 298 g/mol. The number of halogens is 2. The lowest BCUT2D eigenvalue weighted by Gasteiger charge is -2.11. The molecule has 22 heavy (non-hydrogen) atoms. The maximum atomic E-state index is 12.2. The molecule has 0 saturated carbocycles. The SMILES string of the molecule is CC(=N)C(C#N)C(=O)COC(=O)c1ccccc1OC(F)F. The fourth-order valence-electron chi connectivity index (χ4n) is 1.54. The lowest BCUT2D eigenvalue weighted by atomic mass is 10.0. The summed E-state index contributed by atoms with van der Waals surface area (Å²) in [6.45, 7) is -2.57. The second-order valence-electron chi connectivity index (χ2n) is 4.16. The Bertz CT molecular complexity index is 626. The minimum atomic E-state index is -3.11. The van der Waals surface area contributed by atoms with E-state index in [1.54, 1.807) is 6.07 Å². The van der Waals surface area contributed by atoms with Crippen molar-refractivity contribution in [2.45, 2.75) is 13.5 Å². The predicted molar refractivity (Wildman–Crippen MR) is 70.9 cm³/mol. The summed E-state index contributed by atoms with van der Waals surface area (Å²) in [5, 5.41) is 16.0. The van der Waals surface area contributed by atoms with E-state index in [1.165, 1.54) is 25.1 Å². The Morgan fingerprint density at radius 2 is 2.00 bits per heavy atom. The largest absolute Gasteiger partial charge is 0.454 e. The highest BCUT2D eigenvalue weighted by atomic mass is 19.3. The highest BCUT2D eigenvalue weighted by Gasteiger charge is 2.23. The molecule has 0 amide bonds. The lowest BCUT2D eigenvalue weighted by molar-refractivity contribution is -0.122. The second kappa shape index (κ2) is 7.83. The van der Waals surface area contributed by atoms with Gasteiger partial charge in [-0.15, -0.1) is 0 Å². The van der Waals surface area contributed by atoms with E-state index in [0.717, 1.165) is 6.07 Å². The van der Waals surface area contributed by atoms with Crippen molar-refractivity contribution in [2.75, 3.05) is 6.61 Å². The molecule has 0 saturated heterocycles. The van der Waals surface area contributed by atoms with E-state index < -0.39 is 30.9 Å². The molecule has 0 aliphatic rings. The molecule has 1 rings (SSSR count). The molecule has 1 unspecified atom stereocenters. The maximum Gasteiger partial charge on any atom is 0.387 e. The van der Waals surface area contributed by atoms with Gasteiger partial charge in [-0.3, -0.25) is 4.79 Å². The summed E-state index contributed by atoms with van der Waals surface area (Å²) in [5.74, 6) is -3.49. The molecule has 0 aromatic heterocycles. The number of nitriles is 1. The first-order valence-corrected chi connectivity index (χ1v) is 6.05. The third kappa shape index (κ3) is 4.63. The van der Waals surface area contributed by atoms with Gasteiger partial charge in [0.25, 0.3) is 0 Å². The van der Waals surface area contributed by atoms with E-state index in [4.69, 9.17) is 10.7 Å². The van der Waals surface area contributed by atoms with Crippen LogP contribution in [-0.2, 0) is 9.53 Å². The quantitative estimate of drug-likeness (QED) is 0.614. The highest BCUT2D eigenvalue weighted by Crippen LogP contribution is 2.21. The summed E-state index contributed by atoms with van der Waals surface area (Å²) < 4.78 is 33.3. The first-order valence-electron chi connectivity index (χ1n) is 6.05. The molecule has 0 bridgehead atoms. The Morgan fingerprint density at radius 1 is 1.36 bits per heavy atom. The van der Waals surface area contributed by atoms with Crippen LogP contribution >= 0.6 is 0 Å². The smallest absolute Gasteiger partial charge is 0.387 e. The monoisotopic (exact) mass is 310 g/mol. The van der Waals surface area contributed by atoms with Gasteiger partial charge in [0.1, 0.15) is 17.2 Å². The number of alkyl halides is 2. The van der Waals surface area contributed by atoms with Crippen LogP contribution in [0.5, 0.6) is 5.75 Å². The van der Waals surface area contributed by atoms with Crippen molar-refractivity contribution in [1.82, 2.24) is 0 Å². The molecule has 116 valence electrons. The van der Waals surface area contributed by atoms with Crippen LogP contribution in [0.4, 0.5) is 8.78 Å². The van der Waals surface area contributed by atoms with Crippen molar-refractivity contribution in [3.63, 3.8) is 0 Å². The first kappa shape index (κ1) is 17.2. The summed E-state index contributed by atoms with van der Waals surface area (Å²) >= 11 is 0. The first-order chi connectivity index (χ1) is 10.4. The molecule has 6 nitrogen and oxygen atoms in total. The van der Waals surface area contributed by atoms with Crippen LogP contribution in [0.25, 0.3) is 0 Å². The molecule has 0 radical (unpaired) electrons. The summed E-state index contributed by atoms with van der Waals surface area (Å²) in [6.07, 6.45) is 0. The number of esters is 1. The molecule has 1 atom stereocenters. The van der Waals surface area contributed by atoms with E-state index in [-0.39, 0.29) is 17.0 Å². The Morgan fingerprint density at radius 3 is 2.55 bits per heavy atom. The molecule has 0 fully saturated rings. The van der Waals surface area contributed by atoms with E-state index in [1.807, 2.05) is 0 Å². The standard InChI is InChI=1S/C14H12F2N2O4/c1-8(18)10(6-17)11(19)7-21-13(20)9-4-2-3-5-12(9)22-14(15)16/h2-5,10,14,18H,7H2,1H3. The molecule has 0 heterocycles. The van der Waals surface area contributed by atoms with Crippen LogP contribution < -0.4 is 4.74 Å². The molecule has 1 aromatic carbocycles. The number of nitrogens with zero attached hydrogens (tertiary/aromatic N) is 1. The van der Waals surface area contributed by atoms with Crippen molar-refractivity contribution in [2.24, 2.45) is 5.92 Å². The number of ether oxygens (including phenoxy) is 2. The molecule has 0 aliphatic heterocycles. The van der Waals surface area contributed by atoms with Gasteiger partial charge in [0.15, 0.2) is 12.4 Å². The van der Waals surface area contributed by atoms with Gasteiger partial charge in [-0.25, -0.2) is 4.79 Å². The number of benzene rings is 1. The lowest BCUT2D eigenvalue weighted by Crippen LogP contribution is -2.25. The molecule has 0 spiro atoms. The van der Waals surface area contributed by atoms with E-state index in [9.17, 15) is 18.4 Å². The van der Waals surface area contributed by atoms with Gasteiger partial charge in [-0.2, -0.15) is 14.0 Å². The van der Waals surface area contributed by atoms with Gasteiger partial charge in [-0.05, 0) is 19.1 Å². The summed E-state index contributed by atoms with van der Waals surface area (Å²) in [7, 11) is 0. The van der Waals surface area contributed by atoms with Gasteiger partial charge in [-0.1, -0.05) is 12.1 Å². The van der Waals surface area contributed by atoms with E-state index >= 15 is 0 Å². The summed E-state index contributed by atoms with van der Waals surface area (Å²) in [6, 6.07) is 6.78. The van der Waals surface area contributed by atoms with Gasteiger partial charge in [0.05, 0.1) is 6.07 Å². The van der Waals surface area contributed by atoms with Crippen LogP contribution in [0.3, 0.4) is 0 Å². The van der Waals surface area contributed by atoms with E-state index in [0.29, 0.717) is 0 Å². The zero-order chi connectivity index (χ0) is 16.7. The van der Waals surface area contributed by atoms with E-state index in [2.05, 4.69) is 9.47 Å². The maximum absolute atomic E-state index is 12.2. The third-order valence-corrected chi connectivity index (χ3v) is 2.55. The zero-order valence-electron chi connectivity index (χ0n) is 11.5. The van der Waals surface area contributed by atoms with Crippen molar-refractivity contribution in [1.29, 1.82) is 10.7 Å². The normalized spacial score (nSPS) is 11.4. The number of carbonyl (C=O) groups is 2. The second-order valence-corrected chi connectivity index (χ2v) is 4.16. The average molecular weight is 310 g/mol. The average Bonchev–Trinajstić information content (AvgIpc) is 2.45. The molecule has 1 aromatic rings. The Labute approximate surface area is 124 Å². The number of ketones is 1. The van der Waals surface area contributed by atoms with Crippen molar-refractivity contribution in [3.05, 3.63) is 29.8 Å². The Hall–Kier alpha value is -2.82. The van der Waals surface area contributed by atoms with Gasteiger partial charge < -0.3 is 14.9 Å². The van der Waals surface area contributed by atoms with Crippen molar-refractivity contribution in [3.8, 4) is 11.8 Å². The molecule has 1 N–H and O–H groups in total. The van der Waals surface area contributed by atoms with Crippen LogP contribution in [0.1, 0.15) is 17.3 Å². The Balaban J connectivity index is 2.77. The van der Waals surface area contributed by atoms with Gasteiger partial charge >= 0.3 is 12.6 Å². The number of hydrogen-bond acceptors (Lipinski definition) is 6. The van der Waals surface area contributed by atoms with Crippen molar-refractivity contribution >= 4 is 17.5 Å². The summed E-state index contributed by atoms with van der Waals surface area (Å²) in [4.78, 5) is 23.4. The molecule has 0 aliphatic carbocycles. The predicted octanol–water partition coefficient (Wildman–Crippen LogP) is 2.19. The van der Waals surface area contributed by atoms with Gasteiger partial charge in [0, 0.05) is 5.71 Å². The topological polar surface area (TPSA) is 100 Å². The van der Waals surface area contributed by atoms with Crippen LogP contribution in [-0.4, -0.2) is 30.7 Å². The van der Waals surface area contributed by atoms with Crippen LogP contribution in [0, 0.1) is 22.7 Å². The van der Waals surface area contributed by atoms with Gasteiger partial charge in [0.2, 0.25) is 0 Å². The third-order valence-electron chi connectivity index (χ3n) is 2.55. The fourth-order valence-corrected chi connectivity index (χ4v) is 1.54. The number of Topliss-reactive ketones (excluding diaryl/α,β-unsaturated/α-hetero) is 1. The van der Waals surface area contributed by atoms with Crippen molar-refractivity contribution < 1.29 is 27.8 Å². The molecule has 8 heteroatoms. The minimum Gasteiger partial charge on any atom is -0.454 e. The summed E-state index contributed by atoms with van der Waals surface area (Å²) in [5.41, 5.74) is -0.444. The van der Waals surface area contributed by atoms with Crippen LogP contribution in [0.2, 0.25) is 0 Å². The Kier molecular flexibility index (Phi) is 6.13. The highest BCUT2D eigenvalue weighted by molar-refractivity contribution is 6.06. The fraction of sp³-hybridized carbons (Fsp3) is 0.286.